The number of nitrogens with zero attached hydrogens (tertiary/aromatic N) is 4. The molecule has 3 atom stereocenters. The molecule has 1 fully saturated rings. The van der Waals surface area contributed by atoms with Crippen LogP contribution in [-0.2, 0) is 13.8 Å². The maximum Gasteiger partial charge on any atom is 1.00 e. The Balaban J connectivity index is 0.00000144. The summed E-state index contributed by atoms with van der Waals surface area (Å²) in [5.74, 6) is 0.226. The Labute approximate surface area is 180 Å². The minimum atomic E-state index is -4.62. The fourth-order valence-electron chi connectivity index (χ4n) is 2.29. The molecule has 14 heteroatoms. The van der Waals surface area contributed by atoms with E-state index in [2.05, 4.69) is 19.5 Å². The molecule has 0 amide bonds. The molecule has 11 nitrogen and oxygen atoms in total. The molecule has 2 aromatic rings. The van der Waals surface area contributed by atoms with Crippen LogP contribution in [0.25, 0.3) is 11.2 Å². The van der Waals surface area contributed by atoms with Crippen molar-refractivity contribution in [1.82, 2.24) is 19.5 Å². The Morgan fingerprint density at radius 2 is 2.08 bits per heavy atom. The van der Waals surface area contributed by atoms with Crippen LogP contribution < -0.4 is 64.8 Å². The van der Waals surface area contributed by atoms with Crippen LogP contribution in [0.1, 0.15) is 12.6 Å². The van der Waals surface area contributed by atoms with Crippen LogP contribution in [0, 0.1) is 0 Å². The second-order valence-corrected chi connectivity index (χ2v) is 6.04. The zero-order valence-electron chi connectivity index (χ0n) is 13.2. The van der Waals surface area contributed by atoms with Crippen molar-refractivity contribution < 1.29 is 87.8 Å². The summed E-state index contributed by atoms with van der Waals surface area (Å²) in [5, 5.41) is 9.93. The first kappa shape index (κ1) is 22.4. The summed E-state index contributed by atoms with van der Waals surface area (Å²) < 4.78 is 22.2. The van der Waals surface area contributed by atoms with E-state index in [-0.39, 0.29) is 71.4 Å². The van der Waals surface area contributed by atoms with Crippen molar-refractivity contribution in [3.05, 3.63) is 12.7 Å². The van der Waals surface area contributed by atoms with Gasteiger partial charge in [0.2, 0.25) is 0 Å². The van der Waals surface area contributed by atoms with Gasteiger partial charge in [-0.05, 0) is 0 Å². The van der Waals surface area contributed by atoms with Crippen LogP contribution in [0.2, 0.25) is 0 Å². The average molecular weight is 377 g/mol. The fraction of sp³-hybridized carbons (Fsp3) is 0.500. The van der Waals surface area contributed by atoms with Gasteiger partial charge in [0, 0.05) is 6.42 Å². The zero-order valence-corrected chi connectivity index (χ0v) is 18.1. The third-order valence-corrected chi connectivity index (χ3v) is 3.79. The largest absolute Gasteiger partial charge is 1.00 e. The molecule has 2 aromatic heterocycles. The van der Waals surface area contributed by atoms with E-state index >= 15 is 0 Å². The van der Waals surface area contributed by atoms with Gasteiger partial charge in [0.15, 0.2) is 11.5 Å². The van der Waals surface area contributed by atoms with E-state index < -0.39 is 32.9 Å². The molecule has 1 aliphatic rings. The number of phosphoric ester groups is 1. The Bertz CT molecular complexity index is 742. The second kappa shape index (κ2) is 8.85. The topological polar surface area (TPSA) is 166 Å². The van der Waals surface area contributed by atoms with Gasteiger partial charge in [0.25, 0.3) is 0 Å². The molecule has 1 aliphatic heterocycles. The number of ether oxygens (including phenoxy) is 1. The normalized spacial score (nSPS) is 23.7. The summed E-state index contributed by atoms with van der Waals surface area (Å²) in [5.41, 5.74) is 6.55. The summed E-state index contributed by atoms with van der Waals surface area (Å²) in [4.78, 5) is 29.4. The summed E-state index contributed by atoms with van der Waals surface area (Å²) in [7, 11) is -4.62. The van der Waals surface area contributed by atoms with Gasteiger partial charge in [-0.3, -0.25) is 9.09 Å². The molecule has 1 saturated heterocycles. The van der Waals surface area contributed by atoms with Crippen molar-refractivity contribution in [2.75, 3.05) is 12.3 Å². The smallest absolute Gasteiger partial charge is 0.390 e. The third kappa shape index (κ3) is 4.97. The average Bonchev–Trinajstić information content (AvgIpc) is 3.00. The van der Waals surface area contributed by atoms with E-state index in [4.69, 9.17) is 20.3 Å². The van der Waals surface area contributed by atoms with Gasteiger partial charge in [-0.1, -0.05) is 0 Å². The van der Waals surface area contributed by atoms with Crippen molar-refractivity contribution in [2.45, 2.75) is 24.9 Å². The Kier molecular flexibility index (Phi) is 8.27. The van der Waals surface area contributed by atoms with Crippen LogP contribution in [0.15, 0.2) is 12.7 Å². The first-order valence-electron chi connectivity index (χ1n) is 6.32. The standard InChI is InChI=1S/C10H14N5O6P.2Na/c11-9-8-10(13-3-12-9)15(4-14-8)7-1-5(16)6(21-7)2-20-22(17,18)19;;/h3-7,16H,1-2H2,(H2,11,12,13)(H2,17,18,19);;/q;2*+1/t5-,6+,7+;;/m0../s1. The summed E-state index contributed by atoms with van der Waals surface area (Å²) >= 11 is 0. The molecule has 0 radical (unpaired) electrons. The molecular weight excluding hydrogens is 363 g/mol. The molecule has 120 valence electrons. The predicted octanol–water partition coefficient (Wildman–Crippen LogP) is -6.83. The van der Waals surface area contributed by atoms with E-state index in [0.717, 1.165) is 0 Å². The van der Waals surface area contributed by atoms with Gasteiger partial charge < -0.3 is 25.4 Å². The molecule has 0 saturated carbocycles. The Morgan fingerprint density at radius 1 is 1.38 bits per heavy atom. The molecule has 24 heavy (non-hydrogen) atoms. The van der Waals surface area contributed by atoms with Crippen LogP contribution >= 0.6 is 7.82 Å². The Morgan fingerprint density at radius 3 is 2.75 bits per heavy atom. The Hall–Kier alpha value is 0.380. The maximum atomic E-state index is 10.7. The minimum absolute atomic E-state index is 0. The molecule has 0 bridgehead atoms. The van der Waals surface area contributed by atoms with E-state index in [0.29, 0.717) is 11.2 Å². The number of fused-ring (bicyclic) bond motifs is 1. The number of phosphoric acid groups is 1. The summed E-state index contributed by atoms with van der Waals surface area (Å²) in [6, 6.07) is 0. The number of aliphatic hydroxyl groups is 1. The molecule has 0 spiro atoms. The third-order valence-electron chi connectivity index (χ3n) is 3.31. The maximum absolute atomic E-state index is 10.7. The predicted molar refractivity (Wildman–Crippen MR) is 72.3 cm³/mol. The van der Waals surface area contributed by atoms with Crippen molar-refractivity contribution in [3.63, 3.8) is 0 Å². The second-order valence-electron chi connectivity index (χ2n) is 4.80. The van der Waals surface area contributed by atoms with Gasteiger partial charge in [0.05, 0.1) is 19.0 Å². The summed E-state index contributed by atoms with van der Waals surface area (Å²) in [6.07, 6.45) is 0.543. The van der Waals surface area contributed by atoms with Crippen molar-refractivity contribution in [3.8, 4) is 0 Å². The van der Waals surface area contributed by atoms with Crippen molar-refractivity contribution in [2.24, 2.45) is 0 Å². The van der Waals surface area contributed by atoms with Crippen LogP contribution in [0.3, 0.4) is 0 Å². The zero-order chi connectivity index (χ0) is 15.9. The first-order chi connectivity index (χ1) is 10.3. The number of nitrogens with two attached hydrogens (primary N) is 1. The van der Waals surface area contributed by atoms with Crippen LogP contribution in [0.4, 0.5) is 5.82 Å². The van der Waals surface area contributed by atoms with E-state index in [1.807, 2.05) is 0 Å². The van der Waals surface area contributed by atoms with Crippen molar-refractivity contribution in [1.29, 1.82) is 0 Å². The number of hydrogen-bond donors (Lipinski definition) is 4. The van der Waals surface area contributed by atoms with Crippen LogP contribution in [-0.4, -0.2) is 53.2 Å². The molecule has 0 aliphatic carbocycles. The van der Waals surface area contributed by atoms with E-state index in [1.165, 1.54) is 12.7 Å². The number of rotatable bonds is 4. The molecular formula is C10H14N5Na2O6P+2. The van der Waals surface area contributed by atoms with Gasteiger partial charge in [-0.25, -0.2) is 19.5 Å². The minimum Gasteiger partial charge on any atom is -0.390 e. The number of aromatic nitrogens is 4. The number of anilines is 1. The molecule has 3 heterocycles. The molecule has 0 unspecified atom stereocenters. The summed E-state index contributed by atoms with van der Waals surface area (Å²) in [6.45, 7) is -0.425. The van der Waals surface area contributed by atoms with E-state index in [9.17, 15) is 9.67 Å². The monoisotopic (exact) mass is 377 g/mol. The van der Waals surface area contributed by atoms with Gasteiger partial charge in [-0.15, -0.1) is 0 Å². The van der Waals surface area contributed by atoms with E-state index in [1.54, 1.807) is 4.57 Å². The molecule has 0 aromatic carbocycles. The van der Waals surface area contributed by atoms with Crippen molar-refractivity contribution >= 4 is 24.8 Å². The van der Waals surface area contributed by atoms with Gasteiger partial charge >= 0.3 is 66.9 Å². The number of aliphatic hydroxyl groups excluding tert-OH is 1. The fourth-order valence-corrected chi connectivity index (χ4v) is 2.63. The molecule has 5 N–H and O–H groups in total. The number of imidazole rings is 1. The SMILES string of the molecule is Nc1ncnc2c1ncn2[C@H]1C[C@H](O)[C@@H](COP(=O)(O)O)O1.[Na+].[Na+]. The van der Waals surface area contributed by atoms with Gasteiger partial charge in [-0.2, -0.15) is 0 Å². The van der Waals surface area contributed by atoms with Gasteiger partial charge in [0.1, 0.15) is 24.2 Å². The quantitative estimate of drug-likeness (QED) is 0.297. The number of nitrogen functional groups attached to an aromatic ring is 1. The first-order valence-corrected chi connectivity index (χ1v) is 7.85. The van der Waals surface area contributed by atoms with Crippen LogP contribution in [0.5, 0.6) is 0 Å². The number of hydrogen-bond acceptors (Lipinski definition) is 8. The molecule has 3 rings (SSSR count).